The summed E-state index contributed by atoms with van der Waals surface area (Å²) in [7, 11) is -5.24. The summed E-state index contributed by atoms with van der Waals surface area (Å²) in [6, 6.07) is 4.31. The van der Waals surface area contributed by atoms with Crippen LogP contribution in [0.3, 0.4) is 0 Å². The molecule has 0 saturated carbocycles. The van der Waals surface area contributed by atoms with Crippen molar-refractivity contribution in [3.05, 3.63) is 29.6 Å². The number of benzene rings is 1. The molecule has 7 heteroatoms. The number of rotatable bonds is 2. The number of halogens is 2. The zero-order chi connectivity index (χ0) is 10.8. The van der Waals surface area contributed by atoms with Gasteiger partial charge in [0.05, 0.1) is 11.6 Å². The minimum atomic E-state index is -5.24. The Morgan fingerprint density at radius 2 is 2.07 bits per heavy atom. The molecule has 0 heterocycles. The first kappa shape index (κ1) is 10.4. The number of nitrogens with zero attached hydrogens (tertiary/aromatic N) is 1. The Morgan fingerprint density at radius 3 is 2.50 bits per heavy atom. The van der Waals surface area contributed by atoms with Crippen LogP contribution in [0, 0.1) is 17.1 Å². The molecule has 0 radical (unpaired) electrons. The van der Waals surface area contributed by atoms with E-state index in [1.807, 2.05) is 0 Å². The molecule has 14 heavy (non-hydrogen) atoms. The second-order valence-electron chi connectivity index (χ2n) is 2.23. The molecule has 0 aromatic heterocycles. The molecule has 0 aliphatic heterocycles. The Morgan fingerprint density at radius 1 is 1.43 bits per heavy atom. The Balaban J connectivity index is 3.09. The van der Waals surface area contributed by atoms with E-state index in [2.05, 4.69) is 4.18 Å². The fraction of sp³-hybridized carbons (Fsp3) is 0. The third-order valence-electron chi connectivity index (χ3n) is 1.25. The third kappa shape index (κ3) is 2.67. The van der Waals surface area contributed by atoms with Crippen molar-refractivity contribution in [3.63, 3.8) is 0 Å². The van der Waals surface area contributed by atoms with Crippen molar-refractivity contribution in [2.45, 2.75) is 0 Å². The maximum Gasteiger partial charge on any atom is 0.488 e. The van der Waals surface area contributed by atoms with Crippen LogP contribution in [-0.2, 0) is 10.5 Å². The van der Waals surface area contributed by atoms with Gasteiger partial charge in [-0.25, -0.2) is 4.39 Å². The van der Waals surface area contributed by atoms with Crippen molar-refractivity contribution in [2.75, 3.05) is 0 Å². The van der Waals surface area contributed by atoms with Gasteiger partial charge >= 0.3 is 10.5 Å². The van der Waals surface area contributed by atoms with Gasteiger partial charge in [0.2, 0.25) is 0 Å². The Kier molecular flexibility index (Phi) is 2.67. The van der Waals surface area contributed by atoms with Gasteiger partial charge in [-0.05, 0) is 18.2 Å². The first-order valence-electron chi connectivity index (χ1n) is 3.26. The highest BCUT2D eigenvalue weighted by Gasteiger charge is 2.13. The maximum atomic E-state index is 12.9. The molecule has 0 amide bonds. The molecule has 1 aromatic carbocycles. The lowest BCUT2D eigenvalue weighted by molar-refractivity contribution is 0.423. The van der Waals surface area contributed by atoms with Crippen LogP contribution in [0.5, 0.6) is 5.75 Å². The highest BCUT2D eigenvalue weighted by atomic mass is 32.3. The van der Waals surface area contributed by atoms with Crippen molar-refractivity contribution in [1.82, 2.24) is 0 Å². The summed E-state index contributed by atoms with van der Waals surface area (Å²) in [5.74, 6) is -1.91. The Hall–Kier alpha value is -1.68. The van der Waals surface area contributed by atoms with Crippen LogP contribution in [0.4, 0.5) is 8.28 Å². The molecule has 0 spiro atoms. The molecular formula is C7H3F2NO3S. The fourth-order valence-electron chi connectivity index (χ4n) is 0.745. The maximum absolute atomic E-state index is 12.9. The zero-order valence-corrected chi connectivity index (χ0v) is 7.38. The minimum absolute atomic E-state index is 0.0221. The molecule has 1 rings (SSSR count). The second kappa shape index (κ2) is 3.59. The lowest BCUT2D eigenvalue weighted by Gasteiger charge is -2.00. The molecular weight excluding hydrogens is 216 g/mol. The second-order valence-corrected chi connectivity index (χ2v) is 3.19. The van der Waals surface area contributed by atoms with Gasteiger partial charge in [0.15, 0.2) is 11.6 Å². The molecule has 4 nitrogen and oxygen atoms in total. The molecule has 0 unspecified atom stereocenters. The van der Waals surface area contributed by atoms with E-state index >= 15 is 0 Å². The predicted octanol–water partition coefficient (Wildman–Crippen LogP) is 1.29. The van der Waals surface area contributed by atoms with Gasteiger partial charge < -0.3 is 4.18 Å². The Bertz CT molecular complexity index is 492. The number of hydrogen-bond acceptors (Lipinski definition) is 4. The van der Waals surface area contributed by atoms with E-state index in [1.54, 1.807) is 6.07 Å². The molecule has 1 aromatic rings. The average Bonchev–Trinajstić information content (AvgIpc) is 2.06. The third-order valence-corrected chi connectivity index (χ3v) is 1.63. The topological polar surface area (TPSA) is 67.2 Å². The van der Waals surface area contributed by atoms with Crippen LogP contribution in [-0.4, -0.2) is 8.42 Å². The van der Waals surface area contributed by atoms with Gasteiger partial charge in [-0.2, -0.15) is 13.7 Å². The molecule has 0 aliphatic carbocycles. The normalized spacial score (nSPS) is 10.6. The molecule has 0 aliphatic rings. The average molecular weight is 219 g/mol. The molecule has 74 valence electrons. The van der Waals surface area contributed by atoms with E-state index in [1.165, 1.54) is 0 Å². The molecule has 0 atom stereocenters. The fourth-order valence-corrected chi connectivity index (χ4v) is 1.09. The molecule has 0 N–H and O–H groups in total. The van der Waals surface area contributed by atoms with E-state index < -0.39 is 22.1 Å². The first-order chi connectivity index (χ1) is 6.42. The van der Waals surface area contributed by atoms with Gasteiger partial charge in [0.1, 0.15) is 0 Å². The summed E-state index contributed by atoms with van der Waals surface area (Å²) in [5, 5.41) is 8.34. The molecule has 0 saturated heterocycles. The number of nitriles is 1. The lowest BCUT2D eigenvalue weighted by Crippen LogP contribution is -2.02. The highest BCUT2D eigenvalue weighted by Crippen LogP contribution is 2.19. The lowest BCUT2D eigenvalue weighted by atomic mass is 10.2. The quantitative estimate of drug-likeness (QED) is 0.703. The smallest absolute Gasteiger partial charge is 0.355 e. The molecule has 0 bridgehead atoms. The summed E-state index contributed by atoms with van der Waals surface area (Å²) in [6.45, 7) is 0. The van der Waals surface area contributed by atoms with Gasteiger partial charge in [-0.1, -0.05) is 3.89 Å². The van der Waals surface area contributed by atoms with Gasteiger partial charge in [-0.3, -0.25) is 0 Å². The van der Waals surface area contributed by atoms with Crippen molar-refractivity contribution in [1.29, 1.82) is 5.26 Å². The van der Waals surface area contributed by atoms with Gasteiger partial charge in [0.25, 0.3) is 0 Å². The van der Waals surface area contributed by atoms with Crippen LogP contribution in [0.2, 0.25) is 0 Å². The summed E-state index contributed by atoms with van der Waals surface area (Å²) in [5.41, 5.74) is -0.0221. The van der Waals surface area contributed by atoms with Crippen molar-refractivity contribution in [3.8, 4) is 11.8 Å². The molecule has 0 fully saturated rings. The summed E-state index contributed by atoms with van der Waals surface area (Å²) in [4.78, 5) is 0. The van der Waals surface area contributed by atoms with Crippen molar-refractivity contribution in [2.24, 2.45) is 0 Å². The largest absolute Gasteiger partial charge is 0.488 e. The standard InChI is InChI=1S/C7H3F2NO3S/c8-6-3-5(4-10)1-2-7(6)13-14(9,11)12/h1-3H. The van der Waals surface area contributed by atoms with Crippen LogP contribution in [0.1, 0.15) is 5.56 Å². The summed E-state index contributed by atoms with van der Waals surface area (Å²) < 4.78 is 48.4. The number of hydrogen-bond donors (Lipinski definition) is 0. The van der Waals surface area contributed by atoms with E-state index in [9.17, 15) is 16.7 Å². The zero-order valence-electron chi connectivity index (χ0n) is 6.57. The minimum Gasteiger partial charge on any atom is -0.355 e. The van der Waals surface area contributed by atoms with E-state index in [-0.39, 0.29) is 5.56 Å². The van der Waals surface area contributed by atoms with Crippen LogP contribution < -0.4 is 4.18 Å². The SMILES string of the molecule is N#Cc1ccc(OS(=O)(=O)F)c(F)c1. The highest BCUT2D eigenvalue weighted by molar-refractivity contribution is 7.81. The van der Waals surface area contributed by atoms with Crippen LogP contribution in [0.25, 0.3) is 0 Å². The van der Waals surface area contributed by atoms with Crippen molar-refractivity contribution >= 4 is 10.5 Å². The monoisotopic (exact) mass is 219 g/mol. The van der Waals surface area contributed by atoms with Crippen molar-refractivity contribution < 1.29 is 20.9 Å². The van der Waals surface area contributed by atoms with E-state index in [0.717, 1.165) is 18.2 Å². The Labute approximate surface area is 78.8 Å². The van der Waals surface area contributed by atoms with E-state index in [0.29, 0.717) is 0 Å². The van der Waals surface area contributed by atoms with Gasteiger partial charge in [-0.15, -0.1) is 0 Å². The summed E-state index contributed by atoms with van der Waals surface area (Å²) in [6.07, 6.45) is 0. The van der Waals surface area contributed by atoms with Crippen LogP contribution >= 0.6 is 0 Å². The van der Waals surface area contributed by atoms with E-state index in [4.69, 9.17) is 5.26 Å². The summed E-state index contributed by atoms with van der Waals surface area (Å²) >= 11 is 0. The predicted molar refractivity (Wildman–Crippen MR) is 41.8 cm³/mol. The van der Waals surface area contributed by atoms with Gasteiger partial charge in [0, 0.05) is 0 Å². The van der Waals surface area contributed by atoms with Crippen LogP contribution in [0.15, 0.2) is 18.2 Å². The first-order valence-corrected chi connectivity index (χ1v) is 4.57.